The first-order valence-electron chi connectivity index (χ1n) is 4.77. The van der Waals surface area contributed by atoms with Crippen LogP contribution < -0.4 is 0 Å². The van der Waals surface area contributed by atoms with E-state index in [0.29, 0.717) is 19.5 Å². The fourth-order valence-electron chi connectivity index (χ4n) is 1.59. The fourth-order valence-corrected chi connectivity index (χ4v) is 2.25. The predicted octanol–water partition coefficient (Wildman–Crippen LogP) is -0.207. The molecule has 0 aromatic rings. The van der Waals surface area contributed by atoms with E-state index in [1.165, 1.54) is 6.26 Å². The van der Waals surface area contributed by atoms with Gasteiger partial charge in [0.2, 0.25) is 5.91 Å². The van der Waals surface area contributed by atoms with E-state index >= 15 is 0 Å². The van der Waals surface area contributed by atoms with E-state index < -0.39 is 9.84 Å². The number of nitrogens with zero attached hydrogens (tertiary/aromatic N) is 2. The van der Waals surface area contributed by atoms with Crippen molar-refractivity contribution in [1.29, 1.82) is 5.26 Å². The summed E-state index contributed by atoms with van der Waals surface area (Å²) in [6.07, 6.45) is 1.90. The Morgan fingerprint density at radius 1 is 1.60 bits per heavy atom. The summed E-state index contributed by atoms with van der Waals surface area (Å²) in [7, 11) is -2.96. The minimum atomic E-state index is -2.96. The average molecular weight is 230 g/mol. The van der Waals surface area contributed by atoms with Crippen LogP contribution in [0.3, 0.4) is 0 Å². The molecule has 84 valence electrons. The van der Waals surface area contributed by atoms with Crippen molar-refractivity contribution < 1.29 is 13.2 Å². The lowest BCUT2D eigenvalue weighted by molar-refractivity contribution is -0.127. The van der Waals surface area contributed by atoms with Gasteiger partial charge in [-0.15, -0.1) is 0 Å². The summed E-state index contributed by atoms with van der Waals surface area (Å²) >= 11 is 0. The second-order valence-corrected chi connectivity index (χ2v) is 6.11. The lowest BCUT2D eigenvalue weighted by Gasteiger charge is -2.14. The number of hydrogen-bond acceptors (Lipinski definition) is 4. The number of amides is 1. The third-order valence-corrected chi connectivity index (χ3v) is 3.37. The molecule has 6 heteroatoms. The number of hydrogen-bond donors (Lipinski definition) is 0. The summed E-state index contributed by atoms with van der Waals surface area (Å²) in [6, 6.07) is 2.05. The maximum Gasteiger partial charge on any atom is 0.224 e. The van der Waals surface area contributed by atoms with E-state index in [9.17, 15) is 13.2 Å². The van der Waals surface area contributed by atoms with Crippen molar-refractivity contribution >= 4 is 15.7 Å². The molecule has 1 fully saturated rings. The first-order valence-corrected chi connectivity index (χ1v) is 6.83. The fraction of sp³-hybridized carbons (Fsp3) is 0.778. The number of sulfone groups is 1. The third-order valence-electron chi connectivity index (χ3n) is 2.34. The molecule has 1 atom stereocenters. The average Bonchev–Trinajstić information content (AvgIpc) is 2.45. The Balaban J connectivity index is 2.35. The molecule has 1 saturated heterocycles. The van der Waals surface area contributed by atoms with Crippen LogP contribution in [0, 0.1) is 17.2 Å². The van der Waals surface area contributed by atoms with Gasteiger partial charge in [-0.3, -0.25) is 4.79 Å². The molecule has 0 aromatic heterocycles. The summed E-state index contributed by atoms with van der Waals surface area (Å²) in [5.41, 5.74) is 0. The van der Waals surface area contributed by atoms with Crippen LogP contribution in [0.5, 0.6) is 0 Å². The zero-order chi connectivity index (χ0) is 11.5. The van der Waals surface area contributed by atoms with E-state index in [1.54, 1.807) is 4.90 Å². The van der Waals surface area contributed by atoms with E-state index in [0.717, 1.165) is 0 Å². The van der Waals surface area contributed by atoms with Crippen molar-refractivity contribution in [2.75, 3.05) is 25.1 Å². The molecule has 5 nitrogen and oxygen atoms in total. The third kappa shape index (κ3) is 3.88. The Labute approximate surface area is 89.6 Å². The number of nitriles is 1. The number of likely N-dealkylation sites (tertiary alicyclic amines) is 1. The van der Waals surface area contributed by atoms with Gasteiger partial charge in [0.05, 0.1) is 17.7 Å². The molecule has 1 rings (SSSR count). The topological polar surface area (TPSA) is 78.2 Å². The van der Waals surface area contributed by atoms with Crippen LogP contribution in [0.2, 0.25) is 0 Å². The summed E-state index contributed by atoms with van der Waals surface area (Å²) in [4.78, 5) is 12.9. The molecular weight excluding hydrogens is 216 g/mol. The first-order chi connectivity index (χ1) is 6.92. The minimum absolute atomic E-state index is 0.0462. The molecule has 15 heavy (non-hydrogen) atoms. The van der Waals surface area contributed by atoms with Crippen molar-refractivity contribution in [1.82, 2.24) is 4.90 Å². The predicted molar refractivity (Wildman–Crippen MR) is 54.6 cm³/mol. The molecule has 1 aliphatic rings. The molecule has 1 aliphatic heterocycles. The van der Waals surface area contributed by atoms with Gasteiger partial charge in [-0.25, -0.2) is 8.42 Å². The van der Waals surface area contributed by atoms with Gasteiger partial charge >= 0.3 is 0 Å². The Morgan fingerprint density at radius 2 is 2.27 bits per heavy atom. The quantitative estimate of drug-likeness (QED) is 0.669. The van der Waals surface area contributed by atoms with Crippen LogP contribution in [-0.2, 0) is 14.6 Å². The van der Waals surface area contributed by atoms with Crippen LogP contribution in [0.4, 0.5) is 0 Å². The van der Waals surface area contributed by atoms with Crippen LogP contribution >= 0.6 is 0 Å². The zero-order valence-corrected chi connectivity index (χ0v) is 9.46. The highest BCUT2D eigenvalue weighted by molar-refractivity contribution is 7.90. The Hall–Kier alpha value is -1.09. The number of rotatable bonds is 4. The van der Waals surface area contributed by atoms with Gasteiger partial charge in [-0.05, 0) is 6.42 Å². The largest absolute Gasteiger partial charge is 0.341 e. The van der Waals surface area contributed by atoms with Crippen molar-refractivity contribution in [3.8, 4) is 6.07 Å². The van der Waals surface area contributed by atoms with Crippen LogP contribution in [0.1, 0.15) is 12.8 Å². The molecule has 0 radical (unpaired) electrons. The maximum absolute atomic E-state index is 11.3. The lowest BCUT2D eigenvalue weighted by Crippen LogP contribution is -2.27. The van der Waals surface area contributed by atoms with Gasteiger partial charge < -0.3 is 4.90 Å². The van der Waals surface area contributed by atoms with Gasteiger partial charge in [0.15, 0.2) is 0 Å². The van der Waals surface area contributed by atoms with Crippen LogP contribution in [0.25, 0.3) is 0 Å². The molecular formula is C9H14N2O3S. The highest BCUT2D eigenvalue weighted by atomic mass is 32.2. The van der Waals surface area contributed by atoms with E-state index in [-0.39, 0.29) is 24.0 Å². The molecule has 0 bridgehead atoms. The molecule has 1 amide bonds. The Kier molecular flexibility index (Phi) is 3.69. The van der Waals surface area contributed by atoms with Gasteiger partial charge in [0.1, 0.15) is 9.84 Å². The van der Waals surface area contributed by atoms with Gasteiger partial charge in [-0.2, -0.15) is 5.26 Å². The van der Waals surface area contributed by atoms with Crippen molar-refractivity contribution in [3.05, 3.63) is 0 Å². The molecule has 0 aromatic carbocycles. The second kappa shape index (κ2) is 4.62. The van der Waals surface area contributed by atoms with Gasteiger partial charge in [0, 0.05) is 25.8 Å². The van der Waals surface area contributed by atoms with Crippen molar-refractivity contribution in [2.24, 2.45) is 5.92 Å². The number of carbonyl (C=O) groups is 1. The SMILES string of the molecule is CS(=O)(=O)CCCN1CC(C#N)CC1=O. The summed E-state index contributed by atoms with van der Waals surface area (Å²) in [6.45, 7) is 0.878. The zero-order valence-electron chi connectivity index (χ0n) is 8.64. The smallest absolute Gasteiger partial charge is 0.224 e. The first kappa shape index (κ1) is 12.0. The summed E-state index contributed by atoms with van der Waals surface area (Å²) in [5.74, 6) is -0.181. The lowest BCUT2D eigenvalue weighted by atomic mass is 10.1. The van der Waals surface area contributed by atoms with E-state index in [1.807, 2.05) is 0 Å². The maximum atomic E-state index is 11.3. The summed E-state index contributed by atoms with van der Waals surface area (Å²) in [5, 5.41) is 8.63. The molecule has 1 unspecified atom stereocenters. The molecule has 0 spiro atoms. The number of carbonyl (C=O) groups excluding carboxylic acids is 1. The normalized spacial score (nSPS) is 21.7. The van der Waals surface area contributed by atoms with E-state index in [2.05, 4.69) is 6.07 Å². The van der Waals surface area contributed by atoms with Crippen LogP contribution in [-0.4, -0.2) is 44.3 Å². The molecule has 0 aliphatic carbocycles. The second-order valence-electron chi connectivity index (χ2n) is 3.85. The van der Waals surface area contributed by atoms with E-state index in [4.69, 9.17) is 5.26 Å². The summed E-state index contributed by atoms with van der Waals surface area (Å²) < 4.78 is 21.7. The Morgan fingerprint density at radius 3 is 2.73 bits per heavy atom. The van der Waals surface area contributed by atoms with Crippen LogP contribution in [0.15, 0.2) is 0 Å². The highest BCUT2D eigenvalue weighted by Gasteiger charge is 2.28. The molecule has 0 saturated carbocycles. The highest BCUT2D eigenvalue weighted by Crippen LogP contribution is 2.16. The van der Waals surface area contributed by atoms with Crippen molar-refractivity contribution in [3.63, 3.8) is 0 Å². The molecule has 1 heterocycles. The standard InChI is InChI=1S/C9H14N2O3S/c1-15(13,14)4-2-3-11-7-8(6-10)5-9(11)12/h8H,2-5,7H2,1H3. The Bertz CT molecular complexity index is 383. The molecule has 0 N–H and O–H groups in total. The van der Waals surface area contributed by atoms with Crippen molar-refractivity contribution in [2.45, 2.75) is 12.8 Å². The minimum Gasteiger partial charge on any atom is -0.341 e. The van der Waals surface area contributed by atoms with Gasteiger partial charge in [0.25, 0.3) is 0 Å². The van der Waals surface area contributed by atoms with Gasteiger partial charge in [-0.1, -0.05) is 0 Å². The monoisotopic (exact) mass is 230 g/mol.